The first-order chi connectivity index (χ1) is 14.1. The second kappa shape index (κ2) is 8.52. The van der Waals surface area contributed by atoms with Crippen LogP contribution in [0.15, 0.2) is 54.6 Å². The summed E-state index contributed by atoms with van der Waals surface area (Å²) in [4.78, 5) is 37.0. The normalized spacial score (nSPS) is 18.7. The Morgan fingerprint density at radius 2 is 1.67 bits per heavy atom. The number of carbonyl (C=O) groups excluding carboxylic acids is 2. The third kappa shape index (κ3) is 5.14. The Kier molecular flexibility index (Phi) is 6.05. The Hall–Kier alpha value is -3.42. The molecule has 1 saturated heterocycles. The summed E-state index contributed by atoms with van der Waals surface area (Å²) in [6, 6.07) is 14.8. The summed E-state index contributed by atoms with van der Waals surface area (Å²) < 4.78 is 11.2. The summed E-state index contributed by atoms with van der Waals surface area (Å²) in [5.41, 5.74) is 0.422. The summed E-state index contributed by atoms with van der Waals surface area (Å²) in [5.74, 6) is -0.803. The molecule has 1 aliphatic heterocycles. The fraction of sp³-hybridized carbons (Fsp3) is 0.364. The zero-order valence-corrected chi connectivity index (χ0v) is 17.1. The van der Waals surface area contributed by atoms with E-state index in [2.05, 4.69) is 0 Å². The summed E-state index contributed by atoms with van der Waals surface area (Å²) in [6.45, 7) is 5.94. The van der Waals surface area contributed by atoms with Gasteiger partial charge in [0.05, 0.1) is 17.0 Å². The van der Waals surface area contributed by atoms with Crippen LogP contribution in [0.25, 0.3) is 0 Å². The zero-order valence-electron chi connectivity index (χ0n) is 17.1. The van der Waals surface area contributed by atoms with Gasteiger partial charge in [0.1, 0.15) is 11.7 Å². The van der Waals surface area contributed by atoms with Crippen LogP contribution in [0.4, 0.5) is 10.5 Å². The lowest BCUT2D eigenvalue weighted by molar-refractivity contribution is -0.384. The van der Waals surface area contributed by atoms with Crippen LogP contribution in [0, 0.1) is 10.1 Å². The Morgan fingerprint density at radius 1 is 1.03 bits per heavy atom. The fourth-order valence-electron chi connectivity index (χ4n) is 3.31. The molecule has 0 aliphatic carbocycles. The lowest BCUT2D eigenvalue weighted by Gasteiger charge is -2.24. The van der Waals surface area contributed by atoms with Crippen molar-refractivity contribution in [1.29, 1.82) is 0 Å². The molecule has 0 bridgehead atoms. The molecule has 2 aromatic carbocycles. The van der Waals surface area contributed by atoms with Gasteiger partial charge in [-0.05, 0) is 38.5 Å². The van der Waals surface area contributed by atoms with Gasteiger partial charge in [0.25, 0.3) is 5.69 Å². The van der Waals surface area contributed by atoms with Gasteiger partial charge in [-0.1, -0.05) is 30.3 Å². The number of ether oxygens (including phenoxy) is 2. The number of rotatable bonds is 4. The van der Waals surface area contributed by atoms with E-state index >= 15 is 0 Å². The van der Waals surface area contributed by atoms with Gasteiger partial charge in [0, 0.05) is 24.6 Å². The van der Waals surface area contributed by atoms with E-state index in [9.17, 15) is 19.7 Å². The molecule has 0 radical (unpaired) electrons. The van der Waals surface area contributed by atoms with Gasteiger partial charge < -0.3 is 14.4 Å². The van der Waals surface area contributed by atoms with E-state index in [4.69, 9.17) is 9.47 Å². The number of carbonyl (C=O) groups is 2. The number of likely N-dealkylation sites (tertiary alicyclic amines) is 1. The highest BCUT2D eigenvalue weighted by Gasteiger charge is 2.40. The molecule has 1 aliphatic rings. The van der Waals surface area contributed by atoms with Crippen LogP contribution in [0.5, 0.6) is 0 Å². The number of hydrogen-bond acceptors (Lipinski definition) is 6. The van der Waals surface area contributed by atoms with E-state index < -0.39 is 28.7 Å². The molecule has 0 spiro atoms. The van der Waals surface area contributed by atoms with Crippen molar-refractivity contribution >= 4 is 17.7 Å². The Morgan fingerprint density at radius 3 is 2.23 bits per heavy atom. The summed E-state index contributed by atoms with van der Waals surface area (Å²) in [5, 5.41) is 10.8. The van der Waals surface area contributed by atoms with E-state index in [0.717, 1.165) is 5.56 Å². The van der Waals surface area contributed by atoms with Crippen LogP contribution in [-0.2, 0) is 9.47 Å². The van der Waals surface area contributed by atoms with E-state index in [-0.39, 0.29) is 23.7 Å². The average molecular weight is 412 g/mol. The molecule has 1 heterocycles. The van der Waals surface area contributed by atoms with Gasteiger partial charge in [-0.2, -0.15) is 0 Å². The first-order valence-corrected chi connectivity index (χ1v) is 9.62. The van der Waals surface area contributed by atoms with Crippen LogP contribution in [0.1, 0.15) is 42.6 Å². The number of esters is 1. The molecule has 0 N–H and O–H groups in total. The van der Waals surface area contributed by atoms with Gasteiger partial charge in [0.2, 0.25) is 0 Å². The highest BCUT2D eigenvalue weighted by atomic mass is 16.6. The molecule has 158 valence electrons. The standard InChI is InChI=1S/C22H24N2O6/c1-22(2,3)30-21(26)23-13-18(15-7-5-4-6-8-15)19(14-23)29-20(25)16-9-11-17(12-10-16)24(27)28/h4-12,18-19H,13-14H2,1-3H3/t18-,19-/m0/s1. The van der Waals surface area contributed by atoms with Crippen LogP contribution >= 0.6 is 0 Å². The minimum Gasteiger partial charge on any atom is -0.456 e. The number of nitro benzene ring substituents is 1. The first-order valence-electron chi connectivity index (χ1n) is 9.62. The fourth-order valence-corrected chi connectivity index (χ4v) is 3.31. The first kappa shape index (κ1) is 21.3. The quantitative estimate of drug-likeness (QED) is 0.425. The Labute approximate surface area is 174 Å². The molecule has 30 heavy (non-hydrogen) atoms. The smallest absolute Gasteiger partial charge is 0.410 e. The number of nitrogens with zero attached hydrogens (tertiary/aromatic N) is 2. The number of nitro groups is 1. The maximum absolute atomic E-state index is 12.6. The van der Waals surface area contributed by atoms with Crippen LogP contribution in [0.3, 0.4) is 0 Å². The minimum absolute atomic E-state index is 0.106. The number of non-ortho nitro benzene ring substituents is 1. The lowest BCUT2D eigenvalue weighted by atomic mass is 9.96. The predicted octanol–water partition coefficient (Wildman–Crippen LogP) is 4.15. The third-order valence-corrected chi connectivity index (χ3v) is 4.72. The highest BCUT2D eigenvalue weighted by molar-refractivity contribution is 5.89. The summed E-state index contributed by atoms with van der Waals surface area (Å²) in [7, 11) is 0. The molecule has 2 aromatic rings. The maximum Gasteiger partial charge on any atom is 0.410 e. The van der Waals surface area contributed by atoms with Crippen molar-refractivity contribution in [3.05, 3.63) is 75.8 Å². The van der Waals surface area contributed by atoms with Crippen molar-refractivity contribution in [3.63, 3.8) is 0 Å². The zero-order chi connectivity index (χ0) is 21.9. The van der Waals surface area contributed by atoms with Gasteiger partial charge in [0.15, 0.2) is 0 Å². The molecule has 0 aromatic heterocycles. The van der Waals surface area contributed by atoms with Crippen LogP contribution in [-0.4, -0.2) is 46.7 Å². The molecular weight excluding hydrogens is 388 g/mol. The molecular formula is C22H24N2O6. The molecule has 8 heteroatoms. The predicted molar refractivity (Wildman–Crippen MR) is 109 cm³/mol. The number of hydrogen-bond donors (Lipinski definition) is 0. The third-order valence-electron chi connectivity index (χ3n) is 4.72. The molecule has 0 unspecified atom stereocenters. The van der Waals surface area contributed by atoms with Gasteiger partial charge in [-0.3, -0.25) is 10.1 Å². The minimum atomic E-state index is -0.632. The molecule has 0 saturated carbocycles. The van der Waals surface area contributed by atoms with Gasteiger partial charge in [-0.25, -0.2) is 9.59 Å². The van der Waals surface area contributed by atoms with Crippen LogP contribution in [0.2, 0.25) is 0 Å². The molecule has 1 amide bonds. The number of benzene rings is 2. The Balaban J connectivity index is 1.78. The molecule has 8 nitrogen and oxygen atoms in total. The van der Waals surface area contributed by atoms with Crippen LogP contribution < -0.4 is 0 Å². The number of amides is 1. The topological polar surface area (TPSA) is 99.0 Å². The second-order valence-corrected chi connectivity index (χ2v) is 8.15. The summed E-state index contributed by atoms with van der Waals surface area (Å²) >= 11 is 0. The van der Waals surface area contributed by atoms with E-state index in [1.807, 2.05) is 30.3 Å². The van der Waals surface area contributed by atoms with E-state index in [1.54, 1.807) is 20.8 Å². The van der Waals surface area contributed by atoms with Gasteiger partial charge >= 0.3 is 12.1 Å². The second-order valence-electron chi connectivity index (χ2n) is 8.15. The van der Waals surface area contributed by atoms with Crippen molar-refractivity contribution in [3.8, 4) is 0 Å². The van der Waals surface area contributed by atoms with Crippen molar-refractivity contribution in [2.45, 2.75) is 38.4 Å². The van der Waals surface area contributed by atoms with Crippen molar-refractivity contribution in [2.24, 2.45) is 0 Å². The highest BCUT2D eigenvalue weighted by Crippen LogP contribution is 2.31. The SMILES string of the molecule is CC(C)(C)OC(=O)N1C[C@H](OC(=O)c2ccc([N+](=O)[O-])cc2)[C@H](c2ccccc2)C1. The van der Waals surface area contributed by atoms with E-state index in [1.165, 1.54) is 29.2 Å². The van der Waals surface area contributed by atoms with Gasteiger partial charge in [-0.15, -0.1) is 0 Å². The molecule has 2 atom stereocenters. The average Bonchev–Trinajstić information content (AvgIpc) is 3.11. The van der Waals surface area contributed by atoms with E-state index in [0.29, 0.717) is 6.54 Å². The largest absolute Gasteiger partial charge is 0.456 e. The molecule has 1 fully saturated rings. The van der Waals surface area contributed by atoms with Crippen molar-refractivity contribution in [1.82, 2.24) is 4.90 Å². The summed E-state index contributed by atoms with van der Waals surface area (Å²) in [6.07, 6.45) is -1.03. The molecule has 3 rings (SSSR count). The van der Waals surface area contributed by atoms with Crippen molar-refractivity contribution < 1.29 is 24.0 Å². The Bertz CT molecular complexity index is 921. The van der Waals surface area contributed by atoms with Crippen molar-refractivity contribution in [2.75, 3.05) is 13.1 Å². The lowest BCUT2D eigenvalue weighted by Crippen LogP contribution is -2.36. The monoisotopic (exact) mass is 412 g/mol. The maximum atomic E-state index is 12.6.